The van der Waals surface area contributed by atoms with Gasteiger partial charge in [-0.1, -0.05) is 150 Å². The number of rotatable bonds is 16. The maximum absolute atomic E-state index is 9.96. The Kier molecular flexibility index (Phi) is 11.9. The van der Waals surface area contributed by atoms with Gasteiger partial charge in [0.1, 0.15) is 11.5 Å². The van der Waals surface area contributed by atoms with E-state index in [0.717, 1.165) is 52.2 Å². The predicted octanol–water partition coefficient (Wildman–Crippen LogP) is 10.7. The van der Waals surface area contributed by atoms with Crippen LogP contribution in [0.4, 0.5) is 0 Å². The number of benzene rings is 4. The van der Waals surface area contributed by atoms with Crippen molar-refractivity contribution < 1.29 is 9.84 Å². The van der Waals surface area contributed by atoms with Gasteiger partial charge in [0.05, 0.1) is 6.61 Å². The summed E-state index contributed by atoms with van der Waals surface area (Å²) >= 11 is 0. The molecule has 0 aliphatic heterocycles. The Morgan fingerprint density at radius 2 is 0.875 bits per heavy atom. The van der Waals surface area contributed by atoms with Gasteiger partial charge in [0, 0.05) is 0 Å². The zero-order valence-corrected chi connectivity index (χ0v) is 24.0. The van der Waals surface area contributed by atoms with Gasteiger partial charge in [-0.3, -0.25) is 0 Å². The summed E-state index contributed by atoms with van der Waals surface area (Å²) in [5.74, 6) is 1.18. The molecule has 0 saturated carbocycles. The molecule has 0 saturated heterocycles. The van der Waals surface area contributed by atoms with Crippen molar-refractivity contribution in [3.05, 3.63) is 131 Å². The molecule has 0 amide bonds. The first-order valence-corrected chi connectivity index (χ1v) is 15.1. The quantitative estimate of drug-likeness (QED) is 0.115. The van der Waals surface area contributed by atoms with Gasteiger partial charge in [0.2, 0.25) is 0 Å². The van der Waals surface area contributed by atoms with E-state index in [2.05, 4.69) is 85.8 Å². The van der Waals surface area contributed by atoms with Crippen LogP contribution < -0.4 is 4.74 Å². The van der Waals surface area contributed by atoms with Crippen molar-refractivity contribution in [3.8, 4) is 11.5 Å². The Morgan fingerprint density at radius 3 is 1.35 bits per heavy atom. The number of aromatic hydroxyl groups is 1. The van der Waals surface area contributed by atoms with Crippen molar-refractivity contribution in [1.82, 2.24) is 0 Å². The van der Waals surface area contributed by atoms with E-state index in [1.807, 2.05) is 18.2 Å². The maximum Gasteiger partial charge on any atom is 0.119 e. The molecule has 0 bridgehead atoms. The number of ether oxygens (including phenoxy) is 1. The second kappa shape index (κ2) is 16.4. The van der Waals surface area contributed by atoms with Gasteiger partial charge in [-0.05, 0) is 64.1 Å². The Bertz CT molecular complexity index is 1270. The average molecular weight is 533 g/mol. The Labute approximate surface area is 241 Å². The Morgan fingerprint density at radius 1 is 0.475 bits per heavy atom. The van der Waals surface area contributed by atoms with Gasteiger partial charge < -0.3 is 9.84 Å². The third-order valence-corrected chi connectivity index (χ3v) is 7.44. The zero-order chi connectivity index (χ0) is 27.8. The van der Waals surface area contributed by atoms with Crippen LogP contribution in [0.25, 0.3) is 11.1 Å². The smallest absolute Gasteiger partial charge is 0.119 e. The molecule has 40 heavy (non-hydrogen) atoms. The molecule has 4 aromatic carbocycles. The molecule has 4 rings (SSSR count). The summed E-state index contributed by atoms with van der Waals surface area (Å²) in [4.78, 5) is 0. The summed E-state index contributed by atoms with van der Waals surface area (Å²) in [6.07, 6.45) is 13.3. The number of phenolic OH excluding ortho intramolecular Hbond substituents is 1. The van der Waals surface area contributed by atoms with Crippen LogP contribution in [0.1, 0.15) is 93.4 Å². The molecular weight excluding hydrogens is 488 g/mol. The summed E-state index contributed by atoms with van der Waals surface area (Å²) in [5.41, 5.74) is 6.75. The van der Waals surface area contributed by atoms with Gasteiger partial charge in [-0.2, -0.15) is 0 Å². The molecule has 0 aliphatic carbocycles. The van der Waals surface area contributed by atoms with Gasteiger partial charge >= 0.3 is 0 Å². The van der Waals surface area contributed by atoms with E-state index in [-0.39, 0.29) is 5.75 Å². The van der Waals surface area contributed by atoms with Crippen LogP contribution in [0.2, 0.25) is 0 Å². The first-order valence-electron chi connectivity index (χ1n) is 15.1. The third-order valence-electron chi connectivity index (χ3n) is 7.44. The van der Waals surface area contributed by atoms with Crippen LogP contribution in [0.5, 0.6) is 11.5 Å². The van der Waals surface area contributed by atoms with Crippen LogP contribution >= 0.6 is 0 Å². The summed E-state index contributed by atoms with van der Waals surface area (Å²) in [6.45, 7) is 3.04. The number of phenols is 1. The number of hydrogen-bond acceptors (Lipinski definition) is 2. The predicted molar refractivity (Wildman–Crippen MR) is 170 cm³/mol. The standard InChI is InChI=1S/C38H44O2/c1-2-3-4-5-6-7-8-9-10-17-30-40-36-28-24-34(25-29-36)38(32-20-15-12-16-21-32)37(31-18-13-11-14-19-31)33-22-26-35(39)27-23-33/h11-16,18-29,39H,2-10,17,30H2,1H3. The van der Waals surface area contributed by atoms with E-state index < -0.39 is 0 Å². The highest BCUT2D eigenvalue weighted by Gasteiger charge is 2.16. The second-order valence-electron chi connectivity index (χ2n) is 10.6. The average Bonchev–Trinajstić information content (AvgIpc) is 3.00. The molecule has 0 aliphatic rings. The van der Waals surface area contributed by atoms with E-state index >= 15 is 0 Å². The summed E-state index contributed by atoms with van der Waals surface area (Å²) in [6, 6.07) is 37.0. The van der Waals surface area contributed by atoms with Crippen LogP contribution in [-0.2, 0) is 0 Å². The SMILES string of the molecule is CCCCCCCCCCCCOc1ccc(C(=C(c2ccccc2)c2ccc(O)cc2)c2ccccc2)cc1. The van der Waals surface area contributed by atoms with Crippen LogP contribution in [0.15, 0.2) is 109 Å². The molecule has 208 valence electrons. The highest BCUT2D eigenvalue weighted by molar-refractivity contribution is 6.04. The van der Waals surface area contributed by atoms with E-state index in [4.69, 9.17) is 4.74 Å². The van der Waals surface area contributed by atoms with Gasteiger partial charge in [0.25, 0.3) is 0 Å². The highest BCUT2D eigenvalue weighted by Crippen LogP contribution is 2.37. The van der Waals surface area contributed by atoms with Gasteiger partial charge in [-0.25, -0.2) is 0 Å². The molecule has 0 radical (unpaired) electrons. The van der Waals surface area contributed by atoms with E-state index in [0.29, 0.717) is 0 Å². The van der Waals surface area contributed by atoms with Crippen molar-refractivity contribution in [1.29, 1.82) is 0 Å². The largest absolute Gasteiger partial charge is 0.508 e. The molecule has 2 nitrogen and oxygen atoms in total. The third kappa shape index (κ3) is 8.88. The minimum atomic E-state index is 0.265. The fourth-order valence-electron chi connectivity index (χ4n) is 5.25. The lowest BCUT2D eigenvalue weighted by Crippen LogP contribution is -1.99. The van der Waals surface area contributed by atoms with E-state index in [9.17, 15) is 5.11 Å². The van der Waals surface area contributed by atoms with Crippen LogP contribution in [0.3, 0.4) is 0 Å². The van der Waals surface area contributed by atoms with Crippen LogP contribution in [-0.4, -0.2) is 11.7 Å². The molecule has 1 N–H and O–H groups in total. The van der Waals surface area contributed by atoms with Gasteiger partial charge in [-0.15, -0.1) is 0 Å². The highest BCUT2D eigenvalue weighted by atomic mass is 16.5. The maximum atomic E-state index is 9.96. The molecule has 0 unspecified atom stereocenters. The fourth-order valence-corrected chi connectivity index (χ4v) is 5.25. The fraction of sp³-hybridized carbons (Fsp3) is 0.316. The first-order chi connectivity index (χ1) is 19.8. The first kappa shape index (κ1) is 29.2. The normalized spacial score (nSPS) is 11.7. The summed E-state index contributed by atoms with van der Waals surface area (Å²) in [5, 5.41) is 9.96. The summed E-state index contributed by atoms with van der Waals surface area (Å²) < 4.78 is 6.12. The monoisotopic (exact) mass is 532 g/mol. The molecule has 2 heteroatoms. The molecule has 0 fully saturated rings. The molecule has 0 heterocycles. The van der Waals surface area contributed by atoms with Crippen molar-refractivity contribution in [2.24, 2.45) is 0 Å². The topological polar surface area (TPSA) is 29.5 Å². The lowest BCUT2D eigenvalue weighted by molar-refractivity contribution is 0.304. The Hall–Kier alpha value is -3.78. The van der Waals surface area contributed by atoms with Crippen molar-refractivity contribution in [3.63, 3.8) is 0 Å². The molecule has 0 spiro atoms. The number of unbranched alkanes of at least 4 members (excludes halogenated alkanes) is 9. The van der Waals surface area contributed by atoms with E-state index in [1.165, 1.54) is 57.8 Å². The lowest BCUT2D eigenvalue weighted by Gasteiger charge is -2.18. The van der Waals surface area contributed by atoms with Crippen molar-refractivity contribution in [2.75, 3.05) is 6.61 Å². The van der Waals surface area contributed by atoms with Crippen LogP contribution in [0, 0.1) is 0 Å². The molecule has 0 atom stereocenters. The van der Waals surface area contributed by atoms with Gasteiger partial charge in [0.15, 0.2) is 0 Å². The van der Waals surface area contributed by atoms with Crippen molar-refractivity contribution >= 4 is 11.1 Å². The van der Waals surface area contributed by atoms with Crippen molar-refractivity contribution in [2.45, 2.75) is 71.1 Å². The molecule has 4 aromatic rings. The minimum absolute atomic E-state index is 0.265. The molecular formula is C38H44O2. The van der Waals surface area contributed by atoms with E-state index in [1.54, 1.807) is 12.1 Å². The number of hydrogen-bond donors (Lipinski definition) is 1. The Balaban J connectivity index is 1.47. The minimum Gasteiger partial charge on any atom is -0.508 e. The zero-order valence-electron chi connectivity index (χ0n) is 24.0. The lowest BCUT2D eigenvalue weighted by atomic mass is 9.86. The molecule has 0 aromatic heterocycles. The summed E-state index contributed by atoms with van der Waals surface area (Å²) in [7, 11) is 0. The second-order valence-corrected chi connectivity index (χ2v) is 10.6.